The highest BCUT2D eigenvalue weighted by molar-refractivity contribution is 7.09. The highest BCUT2D eigenvalue weighted by Gasteiger charge is 2.77. The van der Waals surface area contributed by atoms with Crippen LogP contribution in [0.2, 0.25) is 0 Å². The number of fused-ring (bicyclic) bond motifs is 5. The molecular weight excluding hydrogens is 729 g/mol. The molecule has 1 unspecified atom stereocenters. The molecule has 2 aromatic carbocycles. The molecule has 13 nitrogen and oxygen atoms in total. The standard InChI is InChI=1S/C41H50NO12P/c1-21-18-28-40(20-49-28,53-24(4)44)33-35(52-36(46)26-16-12-9-13-17-26)41(48)19-27(51-37(47)32(54-55)30(42)25-14-10-8-11-15-25)22(2)29(38(41,5)6)31(50-23(3)43)34(45)39(21,33)7/h8-17,21,27-28,30-33,35,48H,18-20,42,55H2,1-7H3/t21-,27-,28+,30-,31+,32+,33-,35-,39+,40-,41+/m0/s1. The Kier molecular flexibility index (Phi) is 11.0. The summed E-state index contributed by atoms with van der Waals surface area (Å²) in [6.45, 7) is 10.8. The van der Waals surface area contributed by atoms with Gasteiger partial charge in [0.25, 0.3) is 0 Å². The lowest BCUT2D eigenvalue weighted by Crippen LogP contribution is -2.80. The molecule has 0 radical (unpaired) electrons. The Bertz CT molecular complexity index is 1890. The third-order valence-electron chi connectivity index (χ3n) is 12.8. The van der Waals surface area contributed by atoms with E-state index in [1.165, 1.54) is 13.8 Å². The fourth-order valence-corrected chi connectivity index (χ4v) is 9.94. The molecule has 3 N–H and O–H groups in total. The molecule has 0 aromatic heterocycles. The molecule has 6 rings (SSSR count). The first-order chi connectivity index (χ1) is 25.8. The van der Waals surface area contributed by atoms with Crippen molar-refractivity contribution < 1.29 is 57.3 Å². The molecule has 12 atom stereocenters. The van der Waals surface area contributed by atoms with Crippen LogP contribution in [-0.2, 0) is 47.4 Å². The van der Waals surface area contributed by atoms with Crippen molar-refractivity contribution in [1.29, 1.82) is 0 Å². The summed E-state index contributed by atoms with van der Waals surface area (Å²) in [5.41, 5.74) is 1.05. The van der Waals surface area contributed by atoms with Crippen molar-refractivity contribution in [3.05, 3.63) is 82.9 Å². The van der Waals surface area contributed by atoms with Crippen molar-refractivity contribution in [1.82, 2.24) is 0 Å². The van der Waals surface area contributed by atoms with Crippen LogP contribution in [0.1, 0.15) is 83.3 Å². The maximum atomic E-state index is 15.5. The van der Waals surface area contributed by atoms with Crippen LogP contribution in [0.4, 0.5) is 0 Å². The number of Topliss-reactive ketones (excluding diaryl/α,β-unsaturated/α-hetero) is 1. The van der Waals surface area contributed by atoms with Crippen LogP contribution in [-0.4, -0.2) is 83.1 Å². The number of carbonyl (C=O) groups excluding carboxylic acids is 5. The van der Waals surface area contributed by atoms with E-state index >= 15 is 4.79 Å². The minimum absolute atomic E-state index is 0.156. The van der Waals surface area contributed by atoms with E-state index in [-0.39, 0.29) is 30.6 Å². The molecule has 2 aromatic rings. The lowest BCUT2D eigenvalue weighted by molar-refractivity contribution is -0.340. The Balaban J connectivity index is 1.58. The monoisotopic (exact) mass is 779 g/mol. The second-order valence-electron chi connectivity index (χ2n) is 16.1. The molecule has 296 valence electrons. The van der Waals surface area contributed by atoms with Crippen LogP contribution in [0.15, 0.2) is 71.8 Å². The predicted molar refractivity (Wildman–Crippen MR) is 200 cm³/mol. The van der Waals surface area contributed by atoms with Crippen LogP contribution < -0.4 is 5.73 Å². The summed E-state index contributed by atoms with van der Waals surface area (Å²) < 4.78 is 36.3. The first-order valence-corrected chi connectivity index (χ1v) is 18.9. The number of nitrogens with two attached hydrogens (primary N) is 1. The molecule has 3 fully saturated rings. The second kappa shape index (κ2) is 14.8. The lowest BCUT2D eigenvalue weighted by atomic mass is 9.43. The van der Waals surface area contributed by atoms with Crippen LogP contribution in [0, 0.1) is 22.7 Å². The maximum Gasteiger partial charge on any atom is 0.338 e. The summed E-state index contributed by atoms with van der Waals surface area (Å²) in [4.78, 5) is 69.7. The van der Waals surface area contributed by atoms with Crippen LogP contribution in [0.25, 0.3) is 0 Å². The van der Waals surface area contributed by atoms with E-state index in [9.17, 15) is 24.3 Å². The Morgan fingerprint density at radius 3 is 2.11 bits per heavy atom. The lowest BCUT2D eigenvalue weighted by Gasteiger charge is -2.68. The van der Waals surface area contributed by atoms with Gasteiger partial charge in [-0.3, -0.25) is 14.4 Å². The normalized spacial score (nSPS) is 34.6. The molecule has 1 aliphatic heterocycles. The predicted octanol–water partition coefficient (Wildman–Crippen LogP) is 4.35. The van der Waals surface area contributed by atoms with Crippen LogP contribution >= 0.6 is 9.47 Å². The minimum atomic E-state index is -2.18. The third-order valence-corrected chi connectivity index (χ3v) is 13.1. The SMILES string of the molecule is CC(=O)O[C@H]1C(=O)[C@@]2(C)[C@H]([C@H](OC(=O)c3ccccc3)[C@]3(O)C[C@H](OC(=O)[C@H](OP)[C@@H](N)c4ccccc4)C(C)=C1C3(C)C)[C@]1(OC(C)=O)CO[C@@H]1C[C@@H]2C. The molecule has 1 saturated heterocycles. The van der Waals surface area contributed by atoms with Gasteiger partial charge in [-0.1, -0.05) is 76.2 Å². The van der Waals surface area contributed by atoms with Gasteiger partial charge in [-0.25, -0.2) is 9.59 Å². The third kappa shape index (κ3) is 6.51. The first-order valence-electron chi connectivity index (χ1n) is 18.4. The molecule has 55 heavy (non-hydrogen) atoms. The highest BCUT2D eigenvalue weighted by Crippen LogP contribution is 2.65. The van der Waals surface area contributed by atoms with Gasteiger partial charge in [0.15, 0.2) is 23.6 Å². The molecule has 4 aliphatic rings. The molecule has 2 bridgehead atoms. The smallest absolute Gasteiger partial charge is 0.338 e. The summed E-state index contributed by atoms with van der Waals surface area (Å²) in [6.07, 6.45) is -6.54. The highest BCUT2D eigenvalue weighted by atomic mass is 31.0. The number of ketones is 1. The number of hydrogen-bond acceptors (Lipinski definition) is 13. The molecule has 0 spiro atoms. The van der Waals surface area contributed by atoms with Gasteiger partial charge in [0, 0.05) is 40.6 Å². The number of carbonyl (C=O) groups is 5. The number of rotatable bonds is 9. The second-order valence-corrected chi connectivity index (χ2v) is 16.3. The fourth-order valence-electron chi connectivity index (χ4n) is 9.66. The zero-order valence-corrected chi connectivity index (χ0v) is 33.3. The van der Waals surface area contributed by atoms with Gasteiger partial charge >= 0.3 is 23.9 Å². The zero-order chi connectivity index (χ0) is 40.2. The molecule has 2 saturated carbocycles. The van der Waals surface area contributed by atoms with Gasteiger partial charge < -0.3 is 39.0 Å². The summed E-state index contributed by atoms with van der Waals surface area (Å²) >= 11 is 0. The number of benzene rings is 2. The van der Waals surface area contributed by atoms with E-state index in [4.69, 9.17) is 33.9 Å². The molecule has 1 heterocycles. The van der Waals surface area contributed by atoms with Crippen molar-refractivity contribution in [2.45, 2.75) is 109 Å². The van der Waals surface area contributed by atoms with Crippen molar-refractivity contribution in [3.63, 3.8) is 0 Å². The van der Waals surface area contributed by atoms with Gasteiger partial charge in [-0.15, -0.1) is 0 Å². The summed E-state index contributed by atoms with van der Waals surface area (Å²) in [7, 11) is 2.04. The molecular formula is C41H50NO12P. The van der Waals surface area contributed by atoms with Crippen molar-refractivity contribution >= 4 is 39.1 Å². The Morgan fingerprint density at radius 2 is 1.56 bits per heavy atom. The maximum absolute atomic E-state index is 15.5. The van der Waals surface area contributed by atoms with Crippen molar-refractivity contribution in [2.24, 2.45) is 28.4 Å². The van der Waals surface area contributed by atoms with Gasteiger partial charge in [0.05, 0.1) is 24.1 Å². The van der Waals surface area contributed by atoms with E-state index in [0.717, 1.165) is 0 Å². The minimum Gasteiger partial charge on any atom is -0.456 e. The Hall–Kier alpha value is -4.00. The summed E-state index contributed by atoms with van der Waals surface area (Å²) in [5.74, 6) is -5.41. The molecule has 3 aliphatic carbocycles. The van der Waals surface area contributed by atoms with E-state index in [2.05, 4.69) is 0 Å². The van der Waals surface area contributed by atoms with Gasteiger partial charge in [0.2, 0.25) is 0 Å². The van der Waals surface area contributed by atoms with Crippen molar-refractivity contribution in [2.75, 3.05) is 6.61 Å². The van der Waals surface area contributed by atoms with Crippen LogP contribution in [0.5, 0.6) is 0 Å². The van der Waals surface area contributed by atoms with Gasteiger partial charge in [0.1, 0.15) is 23.9 Å². The zero-order valence-electron chi connectivity index (χ0n) is 32.1. The van der Waals surface area contributed by atoms with E-state index in [1.54, 1.807) is 88.4 Å². The number of hydrogen-bond donors (Lipinski definition) is 2. The van der Waals surface area contributed by atoms with E-state index in [0.29, 0.717) is 11.1 Å². The first kappa shape index (κ1) is 40.7. The quantitative estimate of drug-likeness (QED) is 0.159. The Morgan fingerprint density at radius 1 is 0.945 bits per heavy atom. The topological polar surface area (TPSA) is 187 Å². The average molecular weight is 780 g/mol. The number of esters is 4. The average Bonchev–Trinajstić information content (AvgIpc) is 3.13. The molecule has 14 heteroatoms. The van der Waals surface area contributed by atoms with Gasteiger partial charge in [-0.2, -0.15) is 0 Å². The van der Waals surface area contributed by atoms with Crippen LogP contribution in [0.3, 0.4) is 0 Å². The van der Waals surface area contributed by atoms with Gasteiger partial charge in [-0.05, 0) is 48.1 Å². The molecule has 0 amide bonds. The summed E-state index contributed by atoms with van der Waals surface area (Å²) in [5, 5.41) is 13.6. The summed E-state index contributed by atoms with van der Waals surface area (Å²) in [6, 6.07) is 16.0. The Labute approximate surface area is 322 Å². The van der Waals surface area contributed by atoms with E-state index in [1.807, 2.05) is 16.4 Å². The van der Waals surface area contributed by atoms with E-state index < -0.39 is 100 Å². The number of ether oxygens (including phenoxy) is 5. The largest absolute Gasteiger partial charge is 0.456 e. The number of aliphatic hydroxyl groups is 1. The van der Waals surface area contributed by atoms with Crippen molar-refractivity contribution in [3.8, 4) is 0 Å². The fraction of sp³-hybridized carbons (Fsp3) is 0.537.